The summed E-state index contributed by atoms with van der Waals surface area (Å²) in [5.41, 5.74) is 4.03. The SMILES string of the molecule is CNC(=O)c1cc(Oc2ccc3c(c2)CC(C(=O)Nc2cccc(C(C)(C)C)c2)C(O)C3)ccn1. The molecule has 2 aromatic carbocycles. The minimum absolute atomic E-state index is 0.0314. The van der Waals surface area contributed by atoms with E-state index in [1.165, 1.54) is 6.20 Å². The fraction of sp³-hybridized carbons (Fsp3) is 0.321. The van der Waals surface area contributed by atoms with Gasteiger partial charge in [-0.3, -0.25) is 14.6 Å². The van der Waals surface area contributed by atoms with E-state index in [1.807, 2.05) is 42.5 Å². The molecule has 1 aliphatic rings. The Morgan fingerprint density at radius 2 is 1.77 bits per heavy atom. The van der Waals surface area contributed by atoms with E-state index in [2.05, 4.69) is 36.4 Å². The number of nitrogens with zero attached hydrogens (tertiary/aromatic N) is 1. The number of benzene rings is 2. The van der Waals surface area contributed by atoms with Gasteiger partial charge in [0.05, 0.1) is 12.0 Å². The molecule has 35 heavy (non-hydrogen) atoms. The third-order valence-electron chi connectivity index (χ3n) is 6.27. The molecule has 182 valence electrons. The van der Waals surface area contributed by atoms with Crippen molar-refractivity contribution >= 4 is 17.5 Å². The van der Waals surface area contributed by atoms with E-state index in [0.717, 1.165) is 22.4 Å². The van der Waals surface area contributed by atoms with Crippen molar-refractivity contribution in [2.24, 2.45) is 5.92 Å². The number of carbonyl (C=O) groups excluding carboxylic acids is 2. The fourth-order valence-corrected chi connectivity index (χ4v) is 4.22. The van der Waals surface area contributed by atoms with Crippen LogP contribution in [0.25, 0.3) is 0 Å². The Bertz CT molecular complexity index is 1250. The van der Waals surface area contributed by atoms with Gasteiger partial charge in [0.15, 0.2) is 0 Å². The van der Waals surface area contributed by atoms with Gasteiger partial charge in [-0.15, -0.1) is 0 Å². The van der Waals surface area contributed by atoms with Gasteiger partial charge in [-0.2, -0.15) is 0 Å². The largest absolute Gasteiger partial charge is 0.457 e. The van der Waals surface area contributed by atoms with Crippen molar-refractivity contribution < 1.29 is 19.4 Å². The van der Waals surface area contributed by atoms with Gasteiger partial charge in [-0.25, -0.2) is 0 Å². The highest BCUT2D eigenvalue weighted by atomic mass is 16.5. The van der Waals surface area contributed by atoms with Crippen LogP contribution in [0, 0.1) is 5.92 Å². The summed E-state index contributed by atoms with van der Waals surface area (Å²) in [4.78, 5) is 29.0. The Balaban J connectivity index is 1.49. The molecule has 2 atom stereocenters. The molecule has 3 aromatic rings. The molecule has 7 nitrogen and oxygen atoms in total. The molecule has 2 unspecified atom stereocenters. The van der Waals surface area contributed by atoms with Gasteiger partial charge < -0.3 is 20.5 Å². The summed E-state index contributed by atoms with van der Waals surface area (Å²) in [6, 6.07) is 16.7. The van der Waals surface area contributed by atoms with Gasteiger partial charge in [0.1, 0.15) is 17.2 Å². The zero-order valence-corrected chi connectivity index (χ0v) is 20.5. The van der Waals surface area contributed by atoms with Crippen LogP contribution in [0.1, 0.15) is 48.0 Å². The monoisotopic (exact) mass is 473 g/mol. The van der Waals surface area contributed by atoms with E-state index in [4.69, 9.17) is 4.74 Å². The van der Waals surface area contributed by atoms with Crippen LogP contribution in [0.3, 0.4) is 0 Å². The highest BCUT2D eigenvalue weighted by molar-refractivity contribution is 5.93. The molecule has 0 radical (unpaired) electrons. The van der Waals surface area contributed by atoms with Crippen LogP contribution in [-0.4, -0.2) is 35.1 Å². The second-order valence-electron chi connectivity index (χ2n) is 9.89. The van der Waals surface area contributed by atoms with Crippen LogP contribution in [-0.2, 0) is 23.1 Å². The number of pyridine rings is 1. The summed E-state index contributed by atoms with van der Waals surface area (Å²) in [5, 5.41) is 16.3. The molecule has 1 aromatic heterocycles. The van der Waals surface area contributed by atoms with Crippen molar-refractivity contribution in [3.63, 3.8) is 0 Å². The van der Waals surface area contributed by atoms with Crippen LogP contribution >= 0.6 is 0 Å². The first-order valence-electron chi connectivity index (χ1n) is 11.7. The quantitative estimate of drug-likeness (QED) is 0.515. The number of amides is 2. The van der Waals surface area contributed by atoms with Gasteiger partial charge in [-0.05, 0) is 65.3 Å². The van der Waals surface area contributed by atoms with Gasteiger partial charge in [-0.1, -0.05) is 39.0 Å². The molecule has 3 N–H and O–H groups in total. The zero-order chi connectivity index (χ0) is 25.2. The first-order chi connectivity index (χ1) is 16.6. The topological polar surface area (TPSA) is 101 Å². The van der Waals surface area contributed by atoms with E-state index in [9.17, 15) is 14.7 Å². The summed E-state index contributed by atoms with van der Waals surface area (Å²) < 4.78 is 5.96. The van der Waals surface area contributed by atoms with Gasteiger partial charge in [0.25, 0.3) is 5.91 Å². The minimum atomic E-state index is -0.768. The number of aliphatic hydroxyl groups is 1. The lowest BCUT2D eigenvalue weighted by atomic mass is 9.81. The van der Waals surface area contributed by atoms with Crippen LogP contribution in [0.2, 0.25) is 0 Å². The van der Waals surface area contributed by atoms with E-state index in [1.54, 1.807) is 19.2 Å². The lowest BCUT2D eigenvalue weighted by Crippen LogP contribution is -2.39. The van der Waals surface area contributed by atoms with Crippen LogP contribution in [0.15, 0.2) is 60.8 Å². The average Bonchev–Trinajstić information content (AvgIpc) is 2.83. The van der Waals surface area contributed by atoms with Gasteiger partial charge >= 0.3 is 0 Å². The molecule has 1 heterocycles. The standard InChI is InChI=1S/C28H31N3O4/c1-28(2,3)19-6-5-7-20(15-19)31-26(33)23-13-18-12-21(9-8-17(18)14-25(23)32)35-22-10-11-30-24(16-22)27(34)29-4/h5-12,15-16,23,25,32H,13-14H2,1-4H3,(H,29,34)(H,31,33). The maximum absolute atomic E-state index is 13.1. The molecule has 0 bridgehead atoms. The third kappa shape index (κ3) is 5.69. The highest BCUT2D eigenvalue weighted by Crippen LogP contribution is 2.32. The predicted molar refractivity (Wildman–Crippen MR) is 135 cm³/mol. The van der Waals surface area contributed by atoms with Crippen molar-refractivity contribution in [1.82, 2.24) is 10.3 Å². The molecule has 0 spiro atoms. The number of carbonyl (C=O) groups is 2. The third-order valence-corrected chi connectivity index (χ3v) is 6.27. The number of rotatable bonds is 5. The number of hydrogen-bond donors (Lipinski definition) is 3. The van der Waals surface area contributed by atoms with Gasteiger partial charge in [0, 0.05) is 25.0 Å². The molecule has 7 heteroatoms. The summed E-state index contributed by atoms with van der Waals surface area (Å²) in [7, 11) is 1.54. The Hall–Kier alpha value is -3.71. The van der Waals surface area contributed by atoms with E-state index in [0.29, 0.717) is 24.3 Å². The van der Waals surface area contributed by atoms with Crippen molar-refractivity contribution in [2.75, 3.05) is 12.4 Å². The van der Waals surface area contributed by atoms with Crippen LogP contribution in [0.5, 0.6) is 11.5 Å². The normalized spacial score (nSPS) is 17.3. The maximum atomic E-state index is 13.1. The predicted octanol–water partition coefficient (Wildman–Crippen LogP) is 4.25. The summed E-state index contributed by atoms with van der Waals surface area (Å²) in [6.07, 6.45) is 1.55. The lowest BCUT2D eigenvalue weighted by Gasteiger charge is -2.29. The number of hydrogen-bond acceptors (Lipinski definition) is 5. The Kier molecular flexibility index (Phi) is 6.89. The van der Waals surface area contributed by atoms with Crippen LogP contribution < -0.4 is 15.4 Å². The van der Waals surface area contributed by atoms with Crippen LogP contribution in [0.4, 0.5) is 5.69 Å². The minimum Gasteiger partial charge on any atom is -0.457 e. The molecular weight excluding hydrogens is 442 g/mol. The van der Waals surface area contributed by atoms with E-state index in [-0.39, 0.29) is 22.9 Å². The maximum Gasteiger partial charge on any atom is 0.269 e. The molecule has 1 aliphatic carbocycles. The zero-order valence-electron chi connectivity index (χ0n) is 20.5. The number of aromatic nitrogens is 1. The van der Waals surface area contributed by atoms with Gasteiger partial charge in [0.2, 0.25) is 5.91 Å². The fourth-order valence-electron chi connectivity index (χ4n) is 4.22. The summed E-state index contributed by atoms with van der Waals surface area (Å²) >= 11 is 0. The summed E-state index contributed by atoms with van der Waals surface area (Å²) in [6.45, 7) is 6.38. The smallest absolute Gasteiger partial charge is 0.269 e. The second kappa shape index (κ2) is 9.88. The van der Waals surface area contributed by atoms with E-state index >= 15 is 0 Å². The molecule has 0 fully saturated rings. The summed E-state index contributed by atoms with van der Waals surface area (Å²) in [5.74, 6) is 0.00660. The molecule has 0 saturated carbocycles. The second-order valence-corrected chi connectivity index (χ2v) is 9.89. The average molecular weight is 474 g/mol. The van der Waals surface area contributed by atoms with Crippen molar-refractivity contribution in [3.8, 4) is 11.5 Å². The molecule has 0 saturated heterocycles. The first kappa shape index (κ1) is 24.4. The number of fused-ring (bicyclic) bond motifs is 1. The number of aliphatic hydroxyl groups excluding tert-OH is 1. The van der Waals surface area contributed by atoms with Crippen molar-refractivity contribution in [3.05, 3.63) is 83.2 Å². The molecular formula is C28H31N3O4. The number of anilines is 1. The number of ether oxygens (including phenoxy) is 1. The number of nitrogens with one attached hydrogen (secondary N) is 2. The van der Waals surface area contributed by atoms with Crippen molar-refractivity contribution in [2.45, 2.75) is 45.1 Å². The molecule has 0 aliphatic heterocycles. The highest BCUT2D eigenvalue weighted by Gasteiger charge is 2.33. The Morgan fingerprint density at radius 1 is 1.00 bits per heavy atom. The van der Waals surface area contributed by atoms with Crippen molar-refractivity contribution in [1.29, 1.82) is 0 Å². The lowest BCUT2D eigenvalue weighted by molar-refractivity contribution is -0.123. The Morgan fingerprint density at radius 3 is 2.51 bits per heavy atom. The molecule has 2 amide bonds. The van der Waals surface area contributed by atoms with E-state index < -0.39 is 12.0 Å². The Labute approximate surface area is 205 Å². The first-order valence-corrected chi connectivity index (χ1v) is 11.7. The molecule has 4 rings (SSSR count).